The molecule has 0 aliphatic rings. The number of hydrogen-bond donors (Lipinski definition) is 0. The summed E-state index contributed by atoms with van der Waals surface area (Å²) in [4.78, 5) is 11.3. The average Bonchev–Trinajstić information content (AvgIpc) is 2.28. The van der Waals surface area contributed by atoms with Crippen LogP contribution in [0.1, 0.15) is 23.6 Å². The quantitative estimate of drug-likeness (QED) is 0.567. The van der Waals surface area contributed by atoms with Crippen LogP contribution in [0.25, 0.3) is 0 Å². The number of ether oxygens (including phenoxy) is 1. The van der Waals surface area contributed by atoms with E-state index in [-0.39, 0.29) is 6.61 Å². The third-order valence-corrected chi connectivity index (χ3v) is 3.10. The Morgan fingerprint density at radius 1 is 1.10 bits per heavy atom. The van der Waals surface area contributed by atoms with Crippen molar-refractivity contribution >= 4 is 21.9 Å². The van der Waals surface area contributed by atoms with Gasteiger partial charge in [-0.2, -0.15) is 26.3 Å². The lowest BCUT2D eigenvalue weighted by atomic mass is 10.0. The van der Waals surface area contributed by atoms with Crippen LogP contribution in [0.5, 0.6) is 0 Å². The molecule has 0 atom stereocenters. The van der Waals surface area contributed by atoms with Crippen LogP contribution in [0.2, 0.25) is 0 Å². The van der Waals surface area contributed by atoms with Gasteiger partial charge < -0.3 is 4.74 Å². The van der Waals surface area contributed by atoms with Crippen LogP contribution in [0.3, 0.4) is 0 Å². The first-order chi connectivity index (χ1) is 9.46. The molecule has 1 aromatic carbocycles. The third-order valence-electron chi connectivity index (χ3n) is 2.44. The molecule has 0 fully saturated rings. The van der Waals surface area contributed by atoms with Crippen LogP contribution in [0.15, 0.2) is 16.6 Å². The number of esters is 1. The maximum atomic E-state index is 12.8. The molecule has 0 saturated heterocycles. The third kappa shape index (κ3) is 4.62. The van der Waals surface area contributed by atoms with Gasteiger partial charge in [-0.3, -0.25) is 4.79 Å². The number of rotatable bonds is 3. The van der Waals surface area contributed by atoms with E-state index in [0.29, 0.717) is 12.1 Å². The van der Waals surface area contributed by atoms with E-state index in [1.807, 2.05) is 0 Å². The molecular formula is C12H9BrF6O2. The Kier molecular flexibility index (Phi) is 5.30. The molecule has 0 aliphatic heterocycles. The fourth-order valence-corrected chi connectivity index (χ4v) is 2.18. The lowest BCUT2D eigenvalue weighted by Gasteiger charge is -2.17. The van der Waals surface area contributed by atoms with Crippen molar-refractivity contribution < 1.29 is 35.9 Å². The van der Waals surface area contributed by atoms with Crippen molar-refractivity contribution in [3.63, 3.8) is 0 Å². The fourth-order valence-electron chi connectivity index (χ4n) is 1.61. The highest BCUT2D eigenvalue weighted by Crippen LogP contribution is 2.41. The smallest absolute Gasteiger partial charge is 0.417 e. The Hall–Kier alpha value is -1.25. The van der Waals surface area contributed by atoms with Gasteiger partial charge in [0.1, 0.15) is 0 Å². The standard InChI is InChI=1S/C12H9BrF6O2/c1-2-21-10(20)4-6-3-8(12(17,18)19)9(13)5-7(6)11(14,15)16/h3,5H,2,4H2,1H3. The summed E-state index contributed by atoms with van der Waals surface area (Å²) in [7, 11) is 0. The van der Waals surface area contributed by atoms with Gasteiger partial charge in [0.25, 0.3) is 0 Å². The van der Waals surface area contributed by atoms with Gasteiger partial charge in [0, 0.05) is 4.47 Å². The first kappa shape index (κ1) is 17.8. The van der Waals surface area contributed by atoms with Crippen molar-refractivity contribution in [1.82, 2.24) is 0 Å². The second-order valence-electron chi connectivity index (χ2n) is 3.97. The van der Waals surface area contributed by atoms with E-state index in [1.54, 1.807) is 0 Å². The van der Waals surface area contributed by atoms with Crippen molar-refractivity contribution in [1.29, 1.82) is 0 Å². The molecule has 0 saturated carbocycles. The molecule has 0 aliphatic carbocycles. The summed E-state index contributed by atoms with van der Waals surface area (Å²) < 4.78 is 80.4. The minimum absolute atomic E-state index is 0.0805. The average molecular weight is 379 g/mol. The maximum Gasteiger partial charge on any atom is 0.417 e. The Bertz CT molecular complexity index is 536. The van der Waals surface area contributed by atoms with Crippen molar-refractivity contribution in [3.8, 4) is 0 Å². The Morgan fingerprint density at radius 2 is 1.62 bits per heavy atom. The van der Waals surface area contributed by atoms with Gasteiger partial charge in [0.15, 0.2) is 0 Å². The maximum absolute atomic E-state index is 12.8. The normalized spacial score (nSPS) is 12.4. The lowest BCUT2D eigenvalue weighted by Crippen LogP contribution is -2.17. The van der Waals surface area contributed by atoms with Crippen LogP contribution in [-0.4, -0.2) is 12.6 Å². The van der Waals surface area contributed by atoms with Crippen LogP contribution in [-0.2, 0) is 28.3 Å². The summed E-state index contributed by atoms with van der Waals surface area (Å²) in [5.41, 5.74) is -3.37. The van der Waals surface area contributed by atoms with Gasteiger partial charge >= 0.3 is 18.3 Å². The van der Waals surface area contributed by atoms with Gasteiger partial charge in [0.05, 0.1) is 24.2 Å². The van der Waals surface area contributed by atoms with Gasteiger partial charge in [-0.25, -0.2) is 0 Å². The van der Waals surface area contributed by atoms with E-state index in [4.69, 9.17) is 0 Å². The van der Waals surface area contributed by atoms with E-state index in [0.717, 1.165) is 0 Å². The van der Waals surface area contributed by atoms with Gasteiger partial charge in [-0.15, -0.1) is 0 Å². The van der Waals surface area contributed by atoms with Crippen LogP contribution in [0.4, 0.5) is 26.3 Å². The number of carbonyl (C=O) groups is 1. The first-order valence-corrected chi connectivity index (χ1v) is 6.38. The second kappa shape index (κ2) is 6.25. The summed E-state index contributed by atoms with van der Waals surface area (Å²) in [5, 5.41) is 0. The number of alkyl halides is 6. The molecule has 118 valence electrons. The number of hydrogen-bond acceptors (Lipinski definition) is 2. The lowest BCUT2D eigenvalue weighted by molar-refractivity contribution is -0.145. The predicted octanol–water partition coefficient (Wildman–Crippen LogP) is 4.59. The van der Waals surface area contributed by atoms with Crippen molar-refractivity contribution in [2.75, 3.05) is 6.61 Å². The summed E-state index contributed by atoms with van der Waals surface area (Å²) in [5.74, 6) is -1.03. The summed E-state index contributed by atoms with van der Waals surface area (Å²) in [6, 6.07) is 0.626. The van der Waals surface area contributed by atoms with Crippen LogP contribution in [0, 0.1) is 0 Å². The molecule has 1 rings (SSSR count). The Balaban J connectivity index is 3.38. The molecule has 0 radical (unpaired) electrons. The van der Waals surface area contributed by atoms with Crippen molar-refractivity contribution in [2.24, 2.45) is 0 Å². The summed E-state index contributed by atoms with van der Waals surface area (Å²) in [6.45, 7) is 1.36. The zero-order valence-corrected chi connectivity index (χ0v) is 12.1. The van der Waals surface area contributed by atoms with E-state index < -0.39 is 45.9 Å². The zero-order chi connectivity index (χ0) is 16.4. The molecule has 0 spiro atoms. The fraction of sp³-hybridized carbons (Fsp3) is 0.417. The number of carbonyl (C=O) groups excluding carboxylic acids is 1. The first-order valence-electron chi connectivity index (χ1n) is 5.59. The molecule has 2 nitrogen and oxygen atoms in total. The topological polar surface area (TPSA) is 26.3 Å². The highest BCUT2D eigenvalue weighted by molar-refractivity contribution is 9.10. The molecule has 0 bridgehead atoms. The van der Waals surface area contributed by atoms with E-state index in [9.17, 15) is 31.1 Å². The Morgan fingerprint density at radius 3 is 2.05 bits per heavy atom. The molecule has 0 heterocycles. The van der Waals surface area contributed by atoms with Crippen molar-refractivity contribution in [3.05, 3.63) is 33.3 Å². The van der Waals surface area contributed by atoms with Crippen molar-refractivity contribution in [2.45, 2.75) is 25.7 Å². The number of halogens is 7. The highest BCUT2D eigenvalue weighted by atomic mass is 79.9. The molecule has 0 N–H and O–H groups in total. The molecular weight excluding hydrogens is 370 g/mol. The van der Waals surface area contributed by atoms with E-state index in [1.165, 1.54) is 6.92 Å². The number of benzene rings is 1. The zero-order valence-electron chi connectivity index (χ0n) is 10.5. The van der Waals surface area contributed by atoms with Crippen LogP contribution >= 0.6 is 15.9 Å². The largest absolute Gasteiger partial charge is 0.466 e. The van der Waals surface area contributed by atoms with Gasteiger partial charge in [-0.05, 0) is 24.6 Å². The molecule has 21 heavy (non-hydrogen) atoms. The van der Waals surface area contributed by atoms with Gasteiger partial charge in [0.2, 0.25) is 0 Å². The molecule has 1 aromatic rings. The Labute approximate surface area is 124 Å². The highest BCUT2D eigenvalue weighted by Gasteiger charge is 2.39. The summed E-state index contributed by atoms with van der Waals surface area (Å²) >= 11 is 2.47. The molecule has 0 amide bonds. The van der Waals surface area contributed by atoms with E-state index in [2.05, 4.69) is 20.7 Å². The molecule has 9 heteroatoms. The minimum atomic E-state index is -4.88. The monoisotopic (exact) mass is 378 g/mol. The predicted molar refractivity (Wildman–Crippen MR) is 64.5 cm³/mol. The van der Waals surface area contributed by atoms with E-state index >= 15 is 0 Å². The minimum Gasteiger partial charge on any atom is -0.466 e. The van der Waals surface area contributed by atoms with Crippen LogP contribution < -0.4 is 0 Å². The molecule has 0 aromatic heterocycles. The second-order valence-corrected chi connectivity index (χ2v) is 4.82. The SMILES string of the molecule is CCOC(=O)Cc1cc(C(F)(F)F)c(Br)cc1C(F)(F)F. The molecule has 0 unspecified atom stereocenters. The summed E-state index contributed by atoms with van der Waals surface area (Å²) in [6.07, 6.45) is -10.6. The van der Waals surface area contributed by atoms with Gasteiger partial charge in [-0.1, -0.05) is 15.9 Å².